The van der Waals surface area contributed by atoms with Crippen molar-refractivity contribution in [3.63, 3.8) is 0 Å². The number of carbonyl (C=O) groups excluding carboxylic acids is 1. The van der Waals surface area contributed by atoms with Gasteiger partial charge in [0.05, 0.1) is 29.3 Å². The number of piperidine rings is 1. The Bertz CT molecular complexity index is 1200. The number of nitriles is 1. The number of amides is 2. The largest absolute Gasteiger partial charge is 0.424 e. The first-order chi connectivity index (χ1) is 16.0. The summed E-state index contributed by atoms with van der Waals surface area (Å²) in [6, 6.07) is 13.0. The zero-order valence-electron chi connectivity index (χ0n) is 17.9. The molecule has 3 heterocycles. The summed E-state index contributed by atoms with van der Waals surface area (Å²) in [6.07, 6.45) is 7.36. The lowest BCUT2D eigenvalue weighted by Gasteiger charge is -2.33. The van der Waals surface area contributed by atoms with Crippen LogP contribution in [0.4, 0.5) is 10.5 Å². The average molecular weight is 461 g/mol. The number of ether oxygens (including phenoxy) is 1. The molecule has 0 aliphatic carbocycles. The molecule has 166 valence electrons. The second-order valence-corrected chi connectivity index (χ2v) is 8.09. The second kappa shape index (κ2) is 10.1. The first kappa shape index (κ1) is 22.2. The molecule has 0 bridgehead atoms. The van der Waals surface area contributed by atoms with Gasteiger partial charge in [-0.1, -0.05) is 42.3 Å². The van der Waals surface area contributed by atoms with Crippen LogP contribution in [0.2, 0.25) is 5.02 Å². The number of rotatable bonds is 4. The smallest absolute Gasteiger partial charge is 0.321 e. The molecule has 1 aliphatic heterocycles. The summed E-state index contributed by atoms with van der Waals surface area (Å²) in [5, 5.41) is 12.1. The van der Waals surface area contributed by atoms with Crippen molar-refractivity contribution in [2.45, 2.75) is 13.3 Å². The molecule has 1 saturated heterocycles. The molecule has 1 unspecified atom stereocenters. The molecule has 1 aromatic carbocycles. The number of carbonyl (C=O) groups is 1. The van der Waals surface area contributed by atoms with Gasteiger partial charge >= 0.3 is 12.0 Å². The van der Waals surface area contributed by atoms with Crippen LogP contribution in [0.1, 0.15) is 24.6 Å². The van der Waals surface area contributed by atoms with Crippen LogP contribution in [0.25, 0.3) is 6.08 Å². The molecule has 1 N–H and O–H groups in total. The lowest BCUT2D eigenvalue weighted by atomic mass is 9.91. The Balaban J connectivity index is 1.38. The molecular weight excluding hydrogens is 440 g/mol. The summed E-state index contributed by atoms with van der Waals surface area (Å²) in [5.74, 6) is 0.833. The number of hydrogen-bond acceptors (Lipinski definition) is 6. The first-order valence-corrected chi connectivity index (χ1v) is 10.8. The Morgan fingerprint density at radius 2 is 2.06 bits per heavy atom. The zero-order chi connectivity index (χ0) is 23.2. The van der Waals surface area contributed by atoms with Crippen molar-refractivity contribution >= 4 is 29.4 Å². The van der Waals surface area contributed by atoms with Crippen molar-refractivity contribution in [3.8, 4) is 17.8 Å². The van der Waals surface area contributed by atoms with E-state index in [4.69, 9.17) is 21.6 Å². The molecule has 9 heteroatoms. The van der Waals surface area contributed by atoms with E-state index >= 15 is 0 Å². The van der Waals surface area contributed by atoms with E-state index in [0.29, 0.717) is 35.2 Å². The van der Waals surface area contributed by atoms with Crippen molar-refractivity contribution in [3.05, 3.63) is 76.8 Å². The van der Waals surface area contributed by atoms with Crippen LogP contribution in [0, 0.1) is 17.2 Å². The highest BCUT2D eigenvalue weighted by atomic mass is 35.5. The van der Waals surface area contributed by atoms with Crippen LogP contribution in [0.5, 0.6) is 11.8 Å². The van der Waals surface area contributed by atoms with Crippen molar-refractivity contribution in [2.24, 2.45) is 5.92 Å². The standard InChI is InChI=1S/C24H21ClN6O2/c1-16-15-31(24(32)30-21-6-5-20(11-26)27-14-21)8-7-18(16)9-17-3-2-4-22(10-17)33-23-28-12-19(25)13-29-23/h2-6,9-10,12-14,16H,7-8,15H2,1H3,(H,30,32). The van der Waals surface area contributed by atoms with Crippen molar-refractivity contribution in [1.29, 1.82) is 5.26 Å². The molecule has 1 fully saturated rings. The number of halogens is 1. The minimum atomic E-state index is -0.175. The Hall–Kier alpha value is -3.96. The Morgan fingerprint density at radius 3 is 2.76 bits per heavy atom. The van der Waals surface area contributed by atoms with E-state index in [1.165, 1.54) is 24.2 Å². The van der Waals surface area contributed by atoms with Crippen molar-refractivity contribution in [1.82, 2.24) is 19.9 Å². The summed E-state index contributed by atoms with van der Waals surface area (Å²) >= 11 is 5.81. The lowest BCUT2D eigenvalue weighted by Crippen LogP contribution is -2.42. The number of nitrogens with zero attached hydrogens (tertiary/aromatic N) is 5. The predicted octanol–water partition coefficient (Wildman–Crippen LogP) is 5.15. The lowest BCUT2D eigenvalue weighted by molar-refractivity contribution is 0.198. The Kier molecular flexibility index (Phi) is 6.81. The summed E-state index contributed by atoms with van der Waals surface area (Å²) in [5.41, 5.74) is 3.14. The molecule has 2 aromatic heterocycles. The Morgan fingerprint density at radius 1 is 1.24 bits per heavy atom. The van der Waals surface area contributed by atoms with Gasteiger partial charge in [-0.25, -0.2) is 19.7 Å². The summed E-state index contributed by atoms with van der Waals surface area (Å²) in [6.45, 7) is 3.33. The molecule has 2 amide bonds. The number of likely N-dealkylation sites (tertiary alicyclic amines) is 1. The summed E-state index contributed by atoms with van der Waals surface area (Å²) < 4.78 is 5.72. The van der Waals surface area contributed by atoms with Crippen LogP contribution in [-0.4, -0.2) is 39.0 Å². The summed E-state index contributed by atoms with van der Waals surface area (Å²) in [7, 11) is 0. The number of pyridine rings is 1. The van der Waals surface area contributed by atoms with E-state index in [1.54, 1.807) is 17.0 Å². The van der Waals surface area contributed by atoms with E-state index in [2.05, 4.69) is 33.3 Å². The molecule has 4 rings (SSSR count). The maximum atomic E-state index is 12.6. The van der Waals surface area contributed by atoms with Gasteiger partial charge in [-0.2, -0.15) is 5.26 Å². The fourth-order valence-electron chi connectivity index (χ4n) is 3.53. The monoisotopic (exact) mass is 460 g/mol. The van der Waals surface area contributed by atoms with E-state index < -0.39 is 0 Å². The first-order valence-electron chi connectivity index (χ1n) is 10.4. The minimum Gasteiger partial charge on any atom is -0.424 e. The molecular formula is C24H21ClN6O2. The van der Waals surface area contributed by atoms with E-state index in [9.17, 15) is 4.79 Å². The third kappa shape index (κ3) is 5.84. The Labute approximate surface area is 196 Å². The molecule has 33 heavy (non-hydrogen) atoms. The SMILES string of the molecule is CC1CN(C(=O)Nc2ccc(C#N)nc2)CCC1=Cc1cccc(Oc2ncc(Cl)cn2)c1. The number of anilines is 1. The topological polar surface area (TPSA) is 104 Å². The quantitative estimate of drug-likeness (QED) is 0.577. The molecule has 1 aliphatic rings. The molecule has 0 saturated carbocycles. The number of aromatic nitrogens is 3. The third-order valence-electron chi connectivity index (χ3n) is 5.23. The zero-order valence-corrected chi connectivity index (χ0v) is 18.7. The maximum Gasteiger partial charge on any atom is 0.321 e. The predicted molar refractivity (Wildman–Crippen MR) is 125 cm³/mol. The highest BCUT2D eigenvalue weighted by Gasteiger charge is 2.24. The van der Waals surface area contributed by atoms with Gasteiger partial charge in [0, 0.05) is 13.1 Å². The molecule has 0 spiro atoms. The van der Waals surface area contributed by atoms with E-state index in [1.807, 2.05) is 30.3 Å². The number of hydrogen-bond donors (Lipinski definition) is 1. The van der Waals surface area contributed by atoms with Gasteiger partial charge in [-0.05, 0) is 42.2 Å². The van der Waals surface area contributed by atoms with Gasteiger partial charge in [0.15, 0.2) is 0 Å². The van der Waals surface area contributed by atoms with Gasteiger partial charge in [0.1, 0.15) is 17.5 Å². The van der Waals surface area contributed by atoms with Gasteiger partial charge < -0.3 is 15.0 Å². The fourth-order valence-corrected chi connectivity index (χ4v) is 3.62. The fraction of sp³-hybridized carbons (Fsp3) is 0.208. The number of benzene rings is 1. The minimum absolute atomic E-state index is 0.175. The number of urea groups is 1. The third-order valence-corrected chi connectivity index (χ3v) is 5.43. The van der Waals surface area contributed by atoms with Crippen molar-refractivity contribution < 1.29 is 9.53 Å². The van der Waals surface area contributed by atoms with Crippen molar-refractivity contribution in [2.75, 3.05) is 18.4 Å². The maximum absolute atomic E-state index is 12.6. The number of nitrogens with one attached hydrogen (secondary N) is 1. The van der Waals surface area contributed by atoms with Gasteiger partial charge in [0.25, 0.3) is 0 Å². The van der Waals surface area contributed by atoms with Crippen LogP contribution < -0.4 is 10.1 Å². The summed E-state index contributed by atoms with van der Waals surface area (Å²) in [4.78, 5) is 26.5. The van der Waals surface area contributed by atoms with E-state index in [-0.39, 0.29) is 18.0 Å². The van der Waals surface area contributed by atoms with Crippen LogP contribution in [0.15, 0.2) is 60.6 Å². The highest BCUT2D eigenvalue weighted by Crippen LogP contribution is 2.27. The highest BCUT2D eigenvalue weighted by molar-refractivity contribution is 6.30. The van der Waals surface area contributed by atoms with Gasteiger partial charge in [0.2, 0.25) is 0 Å². The van der Waals surface area contributed by atoms with Gasteiger partial charge in [-0.15, -0.1) is 0 Å². The average Bonchev–Trinajstić information content (AvgIpc) is 2.82. The van der Waals surface area contributed by atoms with E-state index in [0.717, 1.165) is 12.0 Å². The molecule has 8 nitrogen and oxygen atoms in total. The normalized spacial score (nSPS) is 16.8. The van der Waals surface area contributed by atoms with Crippen LogP contribution in [0.3, 0.4) is 0 Å². The van der Waals surface area contributed by atoms with Crippen LogP contribution in [-0.2, 0) is 0 Å². The van der Waals surface area contributed by atoms with Gasteiger partial charge in [-0.3, -0.25) is 0 Å². The molecule has 0 radical (unpaired) electrons. The molecule has 3 aromatic rings. The molecule has 1 atom stereocenters. The van der Waals surface area contributed by atoms with Crippen LogP contribution >= 0.6 is 11.6 Å². The second-order valence-electron chi connectivity index (χ2n) is 7.65.